The van der Waals surface area contributed by atoms with E-state index in [0.717, 1.165) is 6.07 Å². The van der Waals surface area contributed by atoms with Crippen LogP contribution >= 0.6 is 11.8 Å². The highest BCUT2D eigenvalue weighted by molar-refractivity contribution is 8.00. The summed E-state index contributed by atoms with van der Waals surface area (Å²) >= 11 is 1.32. The normalized spacial score (nSPS) is 18.4. The van der Waals surface area contributed by atoms with Gasteiger partial charge in [0.1, 0.15) is 11.4 Å². The van der Waals surface area contributed by atoms with Gasteiger partial charge in [0.05, 0.1) is 28.2 Å². The zero-order chi connectivity index (χ0) is 23.4. The van der Waals surface area contributed by atoms with Gasteiger partial charge in [0.15, 0.2) is 0 Å². The number of rotatable bonds is 3. The van der Waals surface area contributed by atoms with Crippen molar-refractivity contribution in [1.29, 1.82) is 0 Å². The van der Waals surface area contributed by atoms with E-state index in [1.54, 1.807) is 16.4 Å². The van der Waals surface area contributed by atoms with Crippen LogP contribution in [0.1, 0.15) is 29.6 Å². The molecule has 1 aromatic heterocycles. The number of halogens is 4. The molecule has 0 aliphatic carbocycles. The Morgan fingerprint density at radius 2 is 1.84 bits per heavy atom. The van der Waals surface area contributed by atoms with Crippen molar-refractivity contribution < 1.29 is 31.9 Å². The van der Waals surface area contributed by atoms with Crippen molar-refractivity contribution in [2.24, 2.45) is 0 Å². The van der Waals surface area contributed by atoms with E-state index in [1.807, 2.05) is 6.92 Å². The van der Waals surface area contributed by atoms with Gasteiger partial charge in [0, 0.05) is 31.6 Å². The number of carbonyl (C=O) groups is 2. The maximum atomic E-state index is 15.0. The second kappa shape index (κ2) is 7.98. The summed E-state index contributed by atoms with van der Waals surface area (Å²) in [5.74, 6) is -3.42. The Morgan fingerprint density at radius 3 is 2.41 bits per heavy atom. The van der Waals surface area contributed by atoms with Crippen LogP contribution in [0.25, 0.3) is 10.9 Å². The fourth-order valence-corrected chi connectivity index (χ4v) is 5.14. The molecular formula is C20H19F4N3O4S. The minimum absolute atomic E-state index is 0.00650. The third-order valence-electron chi connectivity index (χ3n) is 5.50. The van der Waals surface area contributed by atoms with Crippen molar-refractivity contribution in [3.05, 3.63) is 33.7 Å². The summed E-state index contributed by atoms with van der Waals surface area (Å²) < 4.78 is 59.7. The summed E-state index contributed by atoms with van der Waals surface area (Å²) in [6, 6.07) is 2.52. The number of pyridine rings is 1. The molecule has 4 rings (SSSR count). The van der Waals surface area contributed by atoms with Gasteiger partial charge in [-0.15, -0.1) is 0 Å². The molecule has 0 N–H and O–H groups in total. The van der Waals surface area contributed by atoms with Gasteiger partial charge in [-0.3, -0.25) is 9.59 Å². The minimum Gasteiger partial charge on any atom is -0.462 e. The molecule has 0 spiro atoms. The fourth-order valence-electron chi connectivity index (χ4n) is 3.99. The number of ether oxygens (including phenoxy) is 1. The van der Waals surface area contributed by atoms with Crippen LogP contribution < -0.4 is 10.3 Å². The molecule has 0 radical (unpaired) electrons. The zero-order valence-corrected chi connectivity index (χ0v) is 18.0. The quantitative estimate of drug-likeness (QED) is 0.504. The summed E-state index contributed by atoms with van der Waals surface area (Å²) in [7, 11) is 0. The molecule has 2 aliphatic rings. The number of hydrogen-bond donors (Lipinski definition) is 0. The summed E-state index contributed by atoms with van der Waals surface area (Å²) in [5.41, 5.74) is -0.211. The summed E-state index contributed by atoms with van der Waals surface area (Å²) in [6.45, 7) is 3.17. The van der Waals surface area contributed by atoms with Gasteiger partial charge >= 0.3 is 18.1 Å². The number of fused-ring (bicyclic) bond motifs is 3. The number of carbonyl (C=O) groups excluding carboxylic acids is 2. The predicted octanol–water partition coefficient (Wildman–Crippen LogP) is 3.15. The van der Waals surface area contributed by atoms with E-state index < -0.39 is 29.3 Å². The van der Waals surface area contributed by atoms with E-state index in [-0.39, 0.29) is 54.8 Å². The average molecular weight is 473 g/mol. The topological polar surface area (TPSA) is 71.8 Å². The molecule has 1 saturated heterocycles. The van der Waals surface area contributed by atoms with Gasteiger partial charge in [0.2, 0.25) is 5.43 Å². The smallest absolute Gasteiger partial charge is 0.462 e. The molecule has 1 fully saturated rings. The van der Waals surface area contributed by atoms with Crippen LogP contribution in [0.4, 0.5) is 23.2 Å². The van der Waals surface area contributed by atoms with Gasteiger partial charge in [-0.05, 0) is 26.0 Å². The third kappa shape index (κ3) is 3.59. The van der Waals surface area contributed by atoms with Crippen LogP contribution in [0, 0.1) is 5.82 Å². The molecule has 1 atom stereocenters. The first kappa shape index (κ1) is 22.4. The van der Waals surface area contributed by atoms with Crippen molar-refractivity contribution in [3.63, 3.8) is 0 Å². The van der Waals surface area contributed by atoms with Gasteiger partial charge in [-0.2, -0.15) is 13.2 Å². The molecule has 172 valence electrons. The molecule has 7 nitrogen and oxygen atoms in total. The van der Waals surface area contributed by atoms with Gasteiger partial charge < -0.3 is 19.1 Å². The highest BCUT2D eigenvalue weighted by atomic mass is 32.2. The molecule has 2 aliphatic heterocycles. The monoisotopic (exact) mass is 473 g/mol. The van der Waals surface area contributed by atoms with Crippen molar-refractivity contribution in [1.82, 2.24) is 9.47 Å². The maximum Gasteiger partial charge on any atom is 0.471 e. The maximum absolute atomic E-state index is 15.0. The van der Waals surface area contributed by atoms with Crippen molar-refractivity contribution >= 4 is 40.2 Å². The Bertz CT molecular complexity index is 1170. The molecule has 0 bridgehead atoms. The first-order valence-electron chi connectivity index (χ1n) is 9.91. The van der Waals surface area contributed by atoms with Crippen LogP contribution in [-0.2, 0) is 9.53 Å². The van der Waals surface area contributed by atoms with E-state index in [0.29, 0.717) is 15.4 Å². The van der Waals surface area contributed by atoms with Crippen molar-refractivity contribution in [2.75, 3.05) is 37.7 Å². The van der Waals surface area contributed by atoms with Gasteiger partial charge in [0.25, 0.3) is 0 Å². The number of nitrogens with zero attached hydrogens (tertiary/aromatic N) is 3. The highest BCUT2D eigenvalue weighted by Gasteiger charge is 2.43. The predicted molar refractivity (Wildman–Crippen MR) is 110 cm³/mol. The molecule has 12 heteroatoms. The Hall–Kier alpha value is -2.76. The Kier molecular flexibility index (Phi) is 5.60. The number of alkyl halides is 3. The van der Waals surface area contributed by atoms with E-state index >= 15 is 0 Å². The molecule has 32 heavy (non-hydrogen) atoms. The Morgan fingerprint density at radius 1 is 1.19 bits per heavy atom. The Balaban J connectivity index is 1.71. The van der Waals surface area contributed by atoms with Crippen LogP contribution in [0.2, 0.25) is 0 Å². The second-order valence-corrected chi connectivity index (χ2v) is 8.72. The van der Waals surface area contributed by atoms with Gasteiger partial charge in [-0.25, -0.2) is 9.18 Å². The fraction of sp³-hybridized carbons (Fsp3) is 0.450. The lowest BCUT2D eigenvalue weighted by Gasteiger charge is -2.37. The Labute approximate surface area is 183 Å². The molecule has 1 aromatic carbocycles. The van der Waals surface area contributed by atoms with E-state index in [9.17, 15) is 31.9 Å². The van der Waals surface area contributed by atoms with Crippen LogP contribution in [0.3, 0.4) is 0 Å². The summed E-state index contributed by atoms with van der Waals surface area (Å²) in [6.07, 6.45) is -4.95. The van der Waals surface area contributed by atoms with Crippen LogP contribution in [-0.4, -0.2) is 60.3 Å². The lowest BCUT2D eigenvalue weighted by molar-refractivity contribution is -0.185. The summed E-state index contributed by atoms with van der Waals surface area (Å²) in [5, 5.41) is 0.350. The molecule has 2 aromatic rings. The average Bonchev–Trinajstić information content (AvgIpc) is 2.72. The molecular weight excluding hydrogens is 454 g/mol. The van der Waals surface area contributed by atoms with Crippen molar-refractivity contribution in [2.45, 2.75) is 30.4 Å². The lowest BCUT2D eigenvalue weighted by Crippen LogP contribution is -2.52. The number of amides is 1. The van der Waals surface area contributed by atoms with Crippen molar-refractivity contribution in [3.8, 4) is 0 Å². The standard InChI is InChI=1S/C20H19F4N3O4S/c1-3-31-18(29)15-16(28)11-8-12(21)14(9-13(11)27-10(2)32-17(15)27)25-4-6-26(7-5-25)19(30)20(22,23)24/h8-10H,3-7H2,1-2H3. The second-order valence-electron chi connectivity index (χ2n) is 7.41. The minimum atomic E-state index is -4.95. The number of benzene rings is 1. The molecule has 1 amide bonds. The molecule has 3 heterocycles. The number of esters is 1. The number of hydrogen-bond acceptors (Lipinski definition) is 6. The molecule has 0 saturated carbocycles. The van der Waals surface area contributed by atoms with Gasteiger partial charge in [-0.1, -0.05) is 11.8 Å². The zero-order valence-electron chi connectivity index (χ0n) is 17.2. The number of piperazine rings is 1. The van der Waals surface area contributed by atoms with E-state index in [2.05, 4.69) is 0 Å². The summed E-state index contributed by atoms with van der Waals surface area (Å²) in [4.78, 5) is 38.9. The van der Waals surface area contributed by atoms with Crippen LogP contribution in [0.15, 0.2) is 22.0 Å². The number of aromatic nitrogens is 1. The van der Waals surface area contributed by atoms with E-state index in [1.165, 1.54) is 17.8 Å². The number of thioether (sulfide) groups is 1. The largest absolute Gasteiger partial charge is 0.471 e. The molecule has 1 unspecified atom stereocenters. The van der Waals surface area contributed by atoms with Crippen LogP contribution in [0.5, 0.6) is 0 Å². The first-order chi connectivity index (χ1) is 15.0. The lowest BCUT2D eigenvalue weighted by atomic mass is 10.1. The highest BCUT2D eigenvalue weighted by Crippen LogP contribution is 2.47. The SMILES string of the molecule is CCOC(=O)c1c2n(c3cc(N4CCN(C(=O)C(F)(F)F)CC4)c(F)cc3c1=O)C(C)S2. The van der Waals surface area contributed by atoms with E-state index in [4.69, 9.17) is 4.74 Å². The number of anilines is 1. The first-order valence-corrected chi connectivity index (χ1v) is 10.8. The third-order valence-corrected chi connectivity index (χ3v) is 6.68.